The SMILES string of the molecule is Nc1ccccc1OCOCC(F)(F)F. The maximum Gasteiger partial charge on any atom is 0.411 e. The molecule has 0 bridgehead atoms. The second-order valence-corrected chi connectivity index (χ2v) is 2.76. The molecule has 0 aliphatic rings. The molecule has 1 aromatic rings. The molecule has 1 rings (SSSR count). The van der Waals surface area contributed by atoms with Gasteiger partial charge in [-0.2, -0.15) is 13.2 Å². The third-order valence-corrected chi connectivity index (χ3v) is 1.48. The largest absolute Gasteiger partial charge is 0.465 e. The first kappa shape index (κ1) is 11.6. The van der Waals surface area contributed by atoms with Crippen molar-refractivity contribution in [2.75, 3.05) is 19.1 Å². The predicted octanol–water partition coefficient (Wildman–Crippen LogP) is 2.18. The number of hydrogen-bond acceptors (Lipinski definition) is 3. The first-order valence-electron chi connectivity index (χ1n) is 4.11. The van der Waals surface area contributed by atoms with Gasteiger partial charge in [-0.1, -0.05) is 12.1 Å². The van der Waals surface area contributed by atoms with Gasteiger partial charge in [-0.05, 0) is 12.1 Å². The Morgan fingerprint density at radius 1 is 1.20 bits per heavy atom. The van der Waals surface area contributed by atoms with Crippen LogP contribution in [0.4, 0.5) is 18.9 Å². The Balaban J connectivity index is 2.30. The molecule has 0 aliphatic heterocycles. The zero-order valence-electron chi connectivity index (χ0n) is 7.75. The van der Waals surface area contributed by atoms with Gasteiger partial charge in [0.25, 0.3) is 0 Å². The molecule has 3 nitrogen and oxygen atoms in total. The number of ether oxygens (including phenoxy) is 2. The maximum absolute atomic E-state index is 11.7. The fourth-order valence-corrected chi connectivity index (χ4v) is 0.875. The van der Waals surface area contributed by atoms with Crippen LogP contribution in [0.3, 0.4) is 0 Å². The van der Waals surface area contributed by atoms with Crippen molar-refractivity contribution in [3.05, 3.63) is 24.3 Å². The molecule has 0 unspecified atom stereocenters. The summed E-state index contributed by atoms with van der Waals surface area (Å²) in [5, 5.41) is 0. The lowest BCUT2D eigenvalue weighted by molar-refractivity contribution is -0.186. The van der Waals surface area contributed by atoms with Crippen LogP contribution in [-0.2, 0) is 4.74 Å². The Kier molecular flexibility index (Phi) is 3.79. The lowest BCUT2D eigenvalue weighted by atomic mass is 10.3. The molecule has 0 aliphatic carbocycles. The van der Waals surface area contributed by atoms with Gasteiger partial charge in [0.05, 0.1) is 5.69 Å². The first-order chi connectivity index (χ1) is 6.99. The normalized spacial score (nSPS) is 11.4. The number of anilines is 1. The molecule has 0 saturated heterocycles. The molecule has 1 aromatic carbocycles. The lowest BCUT2D eigenvalue weighted by Crippen LogP contribution is -2.19. The van der Waals surface area contributed by atoms with E-state index in [1.54, 1.807) is 24.3 Å². The number of alkyl halides is 3. The van der Waals surface area contributed by atoms with Gasteiger partial charge in [0.2, 0.25) is 0 Å². The monoisotopic (exact) mass is 221 g/mol. The number of nitrogen functional groups attached to an aromatic ring is 1. The Morgan fingerprint density at radius 2 is 1.87 bits per heavy atom. The van der Waals surface area contributed by atoms with Crippen LogP contribution in [0.2, 0.25) is 0 Å². The molecule has 0 saturated carbocycles. The van der Waals surface area contributed by atoms with Crippen LogP contribution in [0.5, 0.6) is 5.75 Å². The molecule has 0 spiro atoms. The molecule has 0 heterocycles. The summed E-state index contributed by atoms with van der Waals surface area (Å²) < 4.78 is 44.1. The minimum Gasteiger partial charge on any atom is -0.465 e. The highest BCUT2D eigenvalue weighted by molar-refractivity contribution is 5.51. The first-order valence-corrected chi connectivity index (χ1v) is 4.11. The van der Waals surface area contributed by atoms with Crippen molar-refractivity contribution >= 4 is 5.69 Å². The Hall–Kier alpha value is -1.43. The van der Waals surface area contributed by atoms with Crippen LogP contribution in [0.1, 0.15) is 0 Å². The second-order valence-electron chi connectivity index (χ2n) is 2.76. The molecule has 6 heteroatoms. The van der Waals surface area contributed by atoms with E-state index in [0.29, 0.717) is 11.4 Å². The highest BCUT2D eigenvalue weighted by atomic mass is 19.4. The molecule has 0 atom stereocenters. The van der Waals surface area contributed by atoms with Crippen LogP contribution in [0.15, 0.2) is 24.3 Å². The van der Waals surface area contributed by atoms with Crippen LogP contribution < -0.4 is 10.5 Å². The smallest absolute Gasteiger partial charge is 0.411 e. The van der Waals surface area contributed by atoms with Crippen molar-refractivity contribution < 1.29 is 22.6 Å². The fraction of sp³-hybridized carbons (Fsp3) is 0.333. The van der Waals surface area contributed by atoms with E-state index >= 15 is 0 Å². The third-order valence-electron chi connectivity index (χ3n) is 1.48. The van der Waals surface area contributed by atoms with Crippen molar-refractivity contribution in [2.24, 2.45) is 0 Å². The predicted molar refractivity (Wildman–Crippen MR) is 48.4 cm³/mol. The van der Waals surface area contributed by atoms with Gasteiger partial charge in [0, 0.05) is 0 Å². The van der Waals surface area contributed by atoms with E-state index in [4.69, 9.17) is 10.5 Å². The van der Waals surface area contributed by atoms with Crippen molar-refractivity contribution in [1.82, 2.24) is 0 Å². The van der Waals surface area contributed by atoms with Crippen molar-refractivity contribution in [3.8, 4) is 5.75 Å². The van der Waals surface area contributed by atoms with Gasteiger partial charge >= 0.3 is 6.18 Å². The summed E-state index contributed by atoms with van der Waals surface area (Å²) in [5.41, 5.74) is 5.84. The zero-order chi connectivity index (χ0) is 11.3. The quantitative estimate of drug-likeness (QED) is 0.481. The van der Waals surface area contributed by atoms with E-state index in [0.717, 1.165) is 0 Å². The van der Waals surface area contributed by atoms with Gasteiger partial charge in [0.15, 0.2) is 6.79 Å². The van der Waals surface area contributed by atoms with Gasteiger partial charge < -0.3 is 15.2 Å². The molecule has 0 radical (unpaired) electrons. The summed E-state index contributed by atoms with van der Waals surface area (Å²) in [6.07, 6.45) is -4.34. The van der Waals surface area contributed by atoms with E-state index in [1.165, 1.54) is 0 Å². The number of hydrogen-bond donors (Lipinski definition) is 1. The zero-order valence-corrected chi connectivity index (χ0v) is 7.75. The van der Waals surface area contributed by atoms with Gasteiger partial charge in [-0.25, -0.2) is 0 Å². The van der Waals surface area contributed by atoms with Crippen molar-refractivity contribution in [1.29, 1.82) is 0 Å². The average Bonchev–Trinajstić information content (AvgIpc) is 2.13. The summed E-state index contributed by atoms with van der Waals surface area (Å²) in [6, 6.07) is 6.49. The molecule has 0 aromatic heterocycles. The maximum atomic E-state index is 11.7. The Bertz CT molecular complexity index is 314. The topological polar surface area (TPSA) is 44.5 Å². The van der Waals surface area contributed by atoms with Gasteiger partial charge in [-0.15, -0.1) is 0 Å². The van der Waals surface area contributed by atoms with Gasteiger partial charge in [0.1, 0.15) is 12.4 Å². The molecule has 84 valence electrons. The van der Waals surface area contributed by atoms with Crippen LogP contribution >= 0.6 is 0 Å². The Labute approximate surface area is 84.6 Å². The number of benzene rings is 1. The summed E-state index contributed by atoms with van der Waals surface area (Å²) in [5.74, 6) is 0.305. The molecular formula is C9H10F3NO2. The van der Waals surface area contributed by atoms with Crippen molar-refractivity contribution in [2.45, 2.75) is 6.18 Å². The van der Waals surface area contributed by atoms with E-state index < -0.39 is 19.6 Å². The van der Waals surface area contributed by atoms with Crippen LogP contribution in [0.25, 0.3) is 0 Å². The van der Waals surface area contributed by atoms with E-state index in [-0.39, 0.29) is 0 Å². The molecular weight excluding hydrogens is 211 g/mol. The standard InChI is InChI=1S/C9H10F3NO2/c10-9(11,12)5-14-6-15-8-4-2-1-3-7(8)13/h1-4H,5-6,13H2. The number of halogens is 3. The molecule has 0 amide bonds. The minimum absolute atomic E-state index is 0.305. The van der Waals surface area contributed by atoms with Gasteiger partial charge in [-0.3, -0.25) is 0 Å². The third kappa shape index (κ3) is 4.55. The van der Waals surface area contributed by atoms with Crippen LogP contribution in [0, 0.1) is 0 Å². The fourth-order valence-electron chi connectivity index (χ4n) is 0.875. The molecule has 15 heavy (non-hydrogen) atoms. The summed E-state index contributed by atoms with van der Waals surface area (Å²) in [6.45, 7) is -1.81. The van der Waals surface area contributed by atoms with E-state index in [2.05, 4.69) is 4.74 Å². The average molecular weight is 221 g/mol. The molecule has 2 N–H and O–H groups in total. The summed E-state index contributed by atoms with van der Waals surface area (Å²) >= 11 is 0. The lowest BCUT2D eigenvalue weighted by Gasteiger charge is -2.10. The number of rotatable bonds is 4. The number of para-hydroxylation sites is 2. The summed E-state index contributed by atoms with van der Waals surface area (Å²) in [7, 11) is 0. The molecule has 0 fully saturated rings. The second kappa shape index (κ2) is 4.88. The van der Waals surface area contributed by atoms with E-state index in [9.17, 15) is 13.2 Å². The summed E-state index contributed by atoms with van der Waals surface area (Å²) in [4.78, 5) is 0. The highest BCUT2D eigenvalue weighted by Crippen LogP contribution is 2.20. The van der Waals surface area contributed by atoms with Crippen molar-refractivity contribution in [3.63, 3.8) is 0 Å². The van der Waals surface area contributed by atoms with E-state index in [1.807, 2.05) is 0 Å². The minimum atomic E-state index is -4.34. The Morgan fingerprint density at radius 3 is 2.47 bits per heavy atom. The number of nitrogens with two attached hydrogens (primary N) is 1. The van der Waals surface area contributed by atoms with Crippen LogP contribution in [-0.4, -0.2) is 19.6 Å². The highest BCUT2D eigenvalue weighted by Gasteiger charge is 2.27.